The minimum absolute atomic E-state index is 0.0679. The van der Waals surface area contributed by atoms with Crippen LogP contribution in [0.1, 0.15) is 35.8 Å². The van der Waals surface area contributed by atoms with Gasteiger partial charge in [0.05, 0.1) is 12.6 Å². The molecular formula is C19H25F2N5O. The molecule has 146 valence electrons. The Morgan fingerprint density at radius 3 is 2.56 bits per heavy atom. The maximum atomic E-state index is 13.1. The molecule has 0 radical (unpaired) electrons. The lowest BCUT2D eigenvalue weighted by molar-refractivity contribution is -0.0627. The van der Waals surface area contributed by atoms with Crippen molar-refractivity contribution in [3.8, 4) is 5.88 Å². The van der Waals surface area contributed by atoms with E-state index in [9.17, 15) is 8.78 Å². The molecule has 2 N–H and O–H groups in total. The molecule has 2 aromatic rings. The number of nitrogens with zero attached hydrogens (tertiary/aromatic N) is 4. The summed E-state index contributed by atoms with van der Waals surface area (Å²) in [6.45, 7) is 3.72. The van der Waals surface area contributed by atoms with Crippen molar-refractivity contribution in [3.63, 3.8) is 0 Å². The predicted octanol–water partition coefficient (Wildman–Crippen LogP) is 2.53. The van der Waals surface area contributed by atoms with E-state index in [1.807, 2.05) is 17.9 Å². The second-order valence-electron chi connectivity index (χ2n) is 6.77. The summed E-state index contributed by atoms with van der Waals surface area (Å²) < 4.78 is 31.4. The van der Waals surface area contributed by atoms with Crippen molar-refractivity contribution >= 4 is 0 Å². The molecule has 0 amide bonds. The van der Waals surface area contributed by atoms with Crippen molar-refractivity contribution in [2.45, 2.75) is 38.2 Å². The summed E-state index contributed by atoms with van der Waals surface area (Å²) in [5.74, 6) is -1.02. The van der Waals surface area contributed by atoms with Gasteiger partial charge in [-0.05, 0) is 13.0 Å². The number of aromatic nitrogens is 3. The maximum absolute atomic E-state index is 13.1. The second kappa shape index (κ2) is 8.67. The van der Waals surface area contributed by atoms with Gasteiger partial charge in [-0.15, -0.1) is 0 Å². The molecule has 4 heterocycles. The van der Waals surface area contributed by atoms with Gasteiger partial charge in [-0.2, -0.15) is 0 Å². The third kappa shape index (κ3) is 5.17. The van der Waals surface area contributed by atoms with Crippen molar-refractivity contribution in [3.05, 3.63) is 47.7 Å². The summed E-state index contributed by atoms with van der Waals surface area (Å²) >= 11 is 0. The molecule has 1 atom stereocenters. The number of halogens is 2. The number of aryl methyl sites for hydroxylation is 1. The van der Waals surface area contributed by atoms with Crippen LogP contribution in [0.5, 0.6) is 5.88 Å². The molecule has 1 unspecified atom stereocenters. The molecule has 0 saturated carbocycles. The average Bonchev–Trinajstić information content (AvgIpc) is 3.14. The Morgan fingerprint density at radius 2 is 1.93 bits per heavy atom. The highest BCUT2D eigenvalue weighted by molar-refractivity contribution is 5.28. The van der Waals surface area contributed by atoms with Crippen molar-refractivity contribution in [1.82, 2.24) is 19.9 Å². The number of piperidine rings is 1. The van der Waals surface area contributed by atoms with Crippen molar-refractivity contribution < 1.29 is 13.5 Å². The van der Waals surface area contributed by atoms with E-state index in [-0.39, 0.29) is 18.9 Å². The van der Waals surface area contributed by atoms with Crippen LogP contribution in [-0.2, 0) is 6.42 Å². The van der Waals surface area contributed by atoms with Gasteiger partial charge in [-0.1, -0.05) is 6.07 Å². The first kappa shape index (κ1) is 19.6. The minimum atomic E-state index is -2.53. The van der Waals surface area contributed by atoms with Crippen LogP contribution in [-0.4, -0.2) is 52.0 Å². The quantitative estimate of drug-likeness (QED) is 0.886. The summed E-state index contributed by atoms with van der Waals surface area (Å²) in [4.78, 5) is 14.3. The number of likely N-dealkylation sites (tertiary alicyclic amines) is 1. The lowest BCUT2D eigenvalue weighted by atomic mass is 10.0. The van der Waals surface area contributed by atoms with E-state index in [0.29, 0.717) is 25.5 Å². The zero-order valence-electron chi connectivity index (χ0n) is 15.4. The fraction of sp³-hybridized carbons (Fsp3) is 0.526. The fourth-order valence-electron chi connectivity index (χ4n) is 3.24. The second-order valence-corrected chi connectivity index (χ2v) is 6.77. The van der Waals surface area contributed by atoms with Crippen molar-refractivity contribution in [1.29, 1.82) is 0 Å². The maximum Gasteiger partial charge on any atom is 0.250 e. The number of fused-ring (bicyclic) bond motifs is 1. The molecule has 0 aliphatic carbocycles. The van der Waals surface area contributed by atoms with E-state index in [2.05, 4.69) is 21.0 Å². The largest absolute Gasteiger partial charge is 0.477 e. The molecule has 0 bridgehead atoms. The Balaban J connectivity index is 0.000000193. The van der Waals surface area contributed by atoms with Crippen molar-refractivity contribution in [2.75, 3.05) is 26.2 Å². The predicted molar refractivity (Wildman–Crippen MR) is 97.8 cm³/mol. The van der Waals surface area contributed by atoms with E-state index >= 15 is 0 Å². The Morgan fingerprint density at radius 1 is 1.22 bits per heavy atom. The molecule has 6 nitrogen and oxygen atoms in total. The molecule has 1 saturated heterocycles. The zero-order chi connectivity index (χ0) is 19.3. The number of pyridine rings is 1. The van der Waals surface area contributed by atoms with Crippen LogP contribution in [0.15, 0.2) is 30.7 Å². The van der Waals surface area contributed by atoms with Crippen LogP contribution in [0.2, 0.25) is 0 Å². The number of ether oxygens (including phenoxy) is 1. The molecule has 4 rings (SSSR count). The molecule has 0 spiro atoms. The van der Waals surface area contributed by atoms with Gasteiger partial charge in [0.15, 0.2) is 0 Å². The molecule has 2 aromatic heterocycles. The average molecular weight is 377 g/mol. The van der Waals surface area contributed by atoms with Crippen LogP contribution in [0.4, 0.5) is 8.78 Å². The molecule has 2 aliphatic rings. The highest BCUT2D eigenvalue weighted by atomic mass is 19.3. The molecule has 8 heteroatoms. The van der Waals surface area contributed by atoms with Gasteiger partial charge < -0.3 is 10.5 Å². The third-order valence-electron chi connectivity index (χ3n) is 4.84. The number of hydrogen-bond donors (Lipinski definition) is 1. The highest BCUT2D eigenvalue weighted by Gasteiger charge is 2.36. The van der Waals surface area contributed by atoms with Crippen LogP contribution in [0.25, 0.3) is 0 Å². The minimum Gasteiger partial charge on any atom is -0.477 e. The SMILES string of the molecule is Cc1ncc(C(CN)N2CCC(F)(F)CC2)cn1.c1cnc2c(c1)CCO2. The van der Waals surface area contributed by atoms with E-state index < -0.39 is 5.92 Å². The number of rotatable bonds is 3. The first-order valence-electron chi connectivity index (χ1n) is 9.16. The molecule has 27 heavy (non-hydrogen) atoms. The Bertz CT molecular complexity index is 708. The number of nitrogens with two attached hydrogens (primary N) is 1. The van der Waals surface area contributed by atoms with Gasteiger partial charge in [-0.25, -0.2) is 23.7 Å². The zero-order valence-corrected chi connectivity index (χ0v) is 15.4. The monoisotopic (exact) mass is 377 g/mol. The molecule has 2 aliphatic heterocycles. The summed E-state index contributed by atoms with van der Waals surface area (Å²) in [6, 6.07) is 3.92. The molecule has 1 fully saturated rings. The van der Waals surface area contributed by atoms with Crippen LogP contribution in [0.3, 0.4) is 0 Å². The summed E-state index contributed by atoms with van der Waals surface area (Å²) in [6.07, 6.45) is 6.03. The Kier molecular flexibility index (Phi) is 6.28. The van der Waals surface area contributed by atoms with Gasteiger partial charge in [0, 0.05) is 68.6 Å². The first-order valence-corrected chi connectivity index (χ1v) is 9.16. The van der Waals surface area contributed by atoms with Crippen LogP contribution in [0, 0.1) is 6.92 Å². The standard InChI is InChI=1S/C12H18F2N4.C7H7NO/c1-9-16-7-10(8-17-9)11(6-15)18-4-2-12(13,14)3-5-18;1-2-6-3-5-9-7(6)8-4-1/h7-8,11H,2-6,15H2,1H3;1-2,4H,3,5H2. The normalized spacial score (nSPS) is 19.4. The van der Waals surface area contributed by atoms with Crippen LogP contribution < -0.4 is 10.5 Å². The lowest BCUT2D eigenvalue weighted by Crippen LogP contribution is -2.43. The van der Waals surface area contributed by atoms with E-state index in [1.165, 1.54) is 5.56 Å². The van der Waals surface area contributed by atoms with E-state index in [1.54, 1.807) is 18.6 Å². The van der Waals surface area contributed by atoms with Gasteiger partial charge in [0.25, 0.3) is 5.92 Å². The molecular weight excluding hydrogens is 352 g/mol. The highest BCUT2D eigenvalue weighted by Crippen LogP contribution is 2.31. The third-order valence-corrected chi connectivity index (χ3v) is 4.84. The molecule has 0 aromatic carbocycles. The van der Waals surface area contributed by atoms with Gasteiger partial charge in [0.2, 0.25) is 5.88 Å². The first-order chi connectivity index (χ1) is 13.0. The topological polar surface area (TPSA) is 77.2 Å². The van der Waals surface area contributed by atoms with Gasteiger partial charge in [0.1, 0.15) is 5.82 Å². The number of hydrogen-bond acceptors (Lipinski definition) is 6. The summed E-state index contributed by atoms with van der Waals surface area (Å²) in [5.41, 5.74) is 7.89. The lowest BCUT2D eigenvalue weighted by Gasteiger charge is -2.36. The van der Waals surface area contributed by atoms with Gasteiger partial charge >= 0.3 is 0 Å². The number of alkyl halides is 2. The summed E-state index contributed by atoms with van der Waals surface area (Å²) in [7, 11) is 0. The Labute approximate surface area is 157 Å². The van der Waals surface area contributed by atoms with Gasteiger partial charge in [-0.3, -0.25) is 4.90 Å². The fourth-order valence-corrected chi connectivity index (χ4v) is 3.24. The summed E-state index contributed by atoms with van der Waals surface area (Å²) in [5, 5.41) is 0. The van der Waals surface area contributed by atoms with Crippen LogP contribution >= 0.6 is 0 Å². The smallest absolute Gasteiger partial charge is 0.250 e. The van der Waals surface area contributed by atoms with E-state index in [0.717, 1.165) is 24.5 Å². The van der Waals surface area contributed by atoms with E-state index in [4.69, 9.17) is 10.5 Å². The van der Waals surface area contributed by atoms with Crippen molar-refractivity contribution in [2.24, 2.45) is 5.73 Å². The Hall–Kier alpha value is -2.19.